The van der Waals surface area contributed by atoms with Crippen molar-refractivity contribution in [3.8, 4) is 5.82 Å². The number of nitrogens with zero attached hydrogens (tertiary/aromatic N) is 3. The van der Waals surface area contributed by atoms with Crippen LogP contribution in [0.4, 0.5) is 5.69 Å². The van der Waals surface area contributed by atoms with Crippen LogP contribution in [0.2, 0.25) is 0 Å². The predicted octanol–water partition coefficient (Wildman–Crippen LogP) is 3.81. The molecule has 0 amide bonds. The Labute approximate surface area is 126 Å². The molecule has 1 aliphatic rings. The first-order valence-corrected chi connectivity index (χ1v) is 7.67. The van der Waals surface area contributed by atoms with Gasteiger partial charge in [-0.25, -0.2) is 9.97 Å². The third kappa shape index (κ3) is 2.94. The molecule has 0 aromatic carbocycles. The first kappa shape index (κ1) is 14.1. The number of nitrogens with one attached hydrogen (secondary N) is 1. The zero-order chi connectivity index (χ0) is 15.0. The van der Waals surface area contributed by atoms with E-state index >= 15 is 0 Å². The average Bonchev–Trinajstić information content (AvgIpc) is 2.94. The van der Waals surface area contributed by atoms with E-state index < -0.39 is 0 Å². The van der Waals surface area contributed by atoms with Crippen molar-refractivity contribution >= 4 is 5.69 Å². The van der Waals surface area contributed by atoms with Crippen LogP contribution in [0.3, 0.4) is 0 Å². The summed E-state index contributed by atoms with van der Waals surface area (Å²) in [6.07, 6.45) is 8.16. The van der Waals surface area contributed by atoms with E-state index in [-0.39, 0.29) is 0 Å². The molecule has 0 aliphatic heterocycles. The Kier molecular flexibility index (Phi) is 3.47. The number of rotatable bonds is 3. The molecular weight excluding hydrogens is 260 g/mol. The van der Waals surface area contributed by atoms with E-state index in [1.54, 1.807) is 6.20 Å². The number of aromatic nitrogens is 3. The smallest absolute Gasteiger partial charge is 0.138 e. The van der Waals surface area contributed by atoms with Gasteiger partial charge in [-0.3, -0.25) is 4.57 Å². The van der Waals surface area contributed by atoms with Gasteiger partial charge in [-0.15, -0.1) is 0 Å². The van der Waals surface area contributed by atoms with Crippen molar-refractivity contribution in [1.82, 2.24) is 14.5 Å². The summed E-state index contributed by atoms with van der Waals surface area (Å²) in [7, 11) is 0. The fourth-order valence-electron chi connectivity index (χ4n) is 3.54. The van der Waals surface area contributed by atoms with Crippen molar-refractivity contribution in [3.63, 3.8) is 0 Å². The molecule has 0 saturated heterocycles. The fraction of sp³-hybridized carbons (Fsp3) is 0.529. The molecule has 0 radical (unpaired) electrons. The zero-order valence-electron chi connectivity index (χ0n) is 13.3. The van der Waals surface area contributed by atoms with Gasteiger partial charge in [0.2, 0.25) is 0 Å². The van der Waals surface area contributed by atoms with Crippen LogP contribution >= 0.6 is 0 Å². The van der Waals surface area contributed by atoms with Crippen LogP contribution in [0.25, 0.3) is 5.82 Å². The van der Waals surface area contributed by atoms with Crippen molar-refractivity contribution in [3.05, 3.63) is 36.5 Å². The van der Waals surface area contributed by atoms with Crippen LogP contribution in [-0.4, -0.2) is 20.6 Å². The molecule has 21 heavy (non-hydrogen) atoms. The van der Waals surface area contributed by atoms with Crippen LogP contribution in [0, 0.1) is 18.3 Å². The first-order chi connectivity index (χ1) is 9.94. The minimum Gasteiger partial charge on any atom is -0.381 e. The maximum absolute atomic E-state index is 4.55. The third-order valence-corrected chi connectivity index (χ3v) is 4.51. The van der Waals surface area contributed by atoms with Crippen LogP contribution in [0.1, 0.15) is 39.4 Å². The number of imidazole rings is 1. The number of aryl methyl sites for hydroxylation is 1. The van der Waals surface area contributed by atoms with E-state index in [1.165, 1.54) is 12.8 Å². The molecule has 2 aromatic rings. The zero-order valence-corrected chi connectivity index (χ0v) is 13.3. The van der Waals surface area contributed by atoms with Crippen LogP contribution in [0.5, 0.6) is 0 Å². The molecule has 4 heteroatoms. The summed E-state index contributed by atoms with van der Waals surface area (Å²) >= 11 is 0. The van der Waals surface area contributed by atoms with Crippen LogP contribution in [0.15, 0.2) is 30.7 Å². The normalized spacial score (nSPS) is 24.2. The van der Waals surface area contributed by atoms with Gasteiger partial charge in [0.05, 0.1) is 11.9 Å². The topological polar surface area (TPSA) is 42.7 Å². The molecule has 1 aliphatic carbocycles. The Morgan fingerprint density at radius 2 is 2.05 bits per heavy atom. The monoisotopic (exact) mass is 284 g/mol. The Balaban J connectivity index is 1.72. The molecule has 2 atom stereocenters. The van der Waals surface area contributed by atoms with Gasteiger partial charge in [-0.2, -0.15) is 0 Å². The second-order valence-corrected chi connectivity index (χ2v) is 7.05. The predicted molar refractivity (Wildman–Crippen MR) is 85.7 cm³/mol. The molecular formula is C17H24N4. The van der Waals surface area contributed by atoms with E-state index in [4.69, 9.17) is 0 Å². The van der Waals surface area contributed by atoms with Gasteiger partial charge in [-0.05, 0) is 43.2 Å². The highest BCUT2D eigenvalue weighted by molar-refractivity contribution is 5.45. The lowest BCUT2D eigenvalue weighted by molar-refractivity contribution is 0.366. The van der Waals surface area contributed by atoms with E-state index in [9.17, 15) is 0 Å². The molecule has 0 spiro atoms. The SMILES string of the molecule is Cc1nccn1-c1ccc(NC2CC(C)(C)CC2C)cn1. The largest absolute Gasteiger partial charge is 0.381 e. The average molecular weight is 284 g/mol. The van der Waals surface area contributed by atoms with Gasteiger partial charge >= 0.3 is 0 Å². The lowest BCUT2D eigenvalue weighted by Gasteiger charge is -2.19. The molecule has 1 N–H and O–H groups in total. The summed E-state index contributed by atoms with van der Waals surface area (Å²) in [6, 6.07) is 4.70. The number of pyridine rings is 1. The highest BCUT2D eigenvalue weighted by Gasteiger charge is 2.36. The Bertz CT molecular complexity index is 612. The van der Waals surface area contributed by atoms with Gasteiger partial charge < -0.3 is 5.32 Å². The molecule has 1 saturated carbocycles. The molecule has 2 unspecified atom stereocenters. The third-order valence-electron chi connectivity index (χ3n) is 4.51. The summed E-state index contributed by atoms with van der Waals surface area (Å²) < 4.78 is 1.99. The molecule has 112 valence electrons. The quantitative estimate of drug-likeness (QED) is 0.932. The molecule has 4 nitrogen and oxygen atoms in total. The summed E-state index contributed by atoms with van der Waals surface area (Å²) in [5, 5.41) is 3.65. The molecule has 2 heterocycles. The number of hydrogen-bond acceptors (Lipinski definition) is 3. The lowest BCUT2D eigenvalue weighted by atomic mass is 9.91. The van der Waals surface area contributed by atoms with Crippen molar-refractivity contribution in [2.75, 3.05) is 5.32 Å². The minimum atomic E-state index is 0.443. The molecule has 0 bridgehead atoms. The second-order valence-electron chi connectivity index (χ2n) is 7.05. The summed E-state index contributed by atoms with van der Waals surface area (Å²) in [5.41, 5.74) is 1.55. The van der Waals surface area contributed by atoms with E-state index in [1.807, 2.05) is 30.0 Å². The summed E-state index contributed by atoms with van der Waals surface area (Å²) in [6.45, 7) is 9.03. The number of hydrogen-bond donors (Lipinski definition) is 1. The van der Waals surface area contributed by atoms with Crippen LogP contribution in [-0.2, 0) is 0 Å². The highest BCUT2D eigenvalue weighted by atomic mass is 15.1. The number of anilines is 1. The highest BCUT2D eigenvalue weighted by Crippen LogP contribution is 2.42. The maximum atomic E-state index is 4.55. The Hall–Kier alpha value is -1.84. The Morgan fingerprint density at radius 3 is 2.57 bits per heavy atom. The maximum Gasteiger partial charge on any atom is 0.138 e. The second kappa shape index (κ2) is 5.17. The van der Waals surface area contributed by atoms with Gasteiger partial charge in [0, 0.05) is 18.4 Å². The van der Waals surface area contributed by atoms with Gasteiger partial charge in [-0.1, -0.05) is 20.8 Å². The standard InChI is InChI=1S/C17H24N4/c1-12-9-17(3,4)10-15(12)20-14-5-6-16(19-11-14)21-8-7-18-13(21)2/h5-8,11-12,15,20H,9-10H2,1-4H3. The van der Waals surface area contributed by atoms with E-state index in [2.05, 4.69) is 42.1 Å². The van der Waals surface area contributed by atoms with Crippen molar-refractivity contribution < 1.29 is 0 Å². The fourth-order valence-corrected chi connectivity index (χ4v) is 3.54. The minimum absolute atomic E-state index is 0.443. The van der Waals surface area contributed by atoms with Gasteiger partial charge in [0.25, 0.3) is 0 Å². The van der Waals surface area contributed by atoms with Gasteiger partial charge in [0.1, 0.15) is 11.6 Å². The van der Waals surface area contributed by atoms with Crippen molar-refractivity contribution in [2.24, 2.45) is 11.3 Å². The molecule has 3 rings (SSSR count). The lowest BCUT2D eigenvalue weighted by Crippen LogP contribution is -2.22. The molecule has 1 fully saturated rings. The molecule has 2 aromatic heterocycles. The first-order valence-electron chi connectivity index (χ1n) is 7.67. The van der Waals surface area contributed by atoms with Crippen LogP contribution < -0.4 is 5.32 Å². The summed E-state index contributed by atoms with van der Waals surface area (Å²) in [5.74, 6) is 2.57. The van der Waals surface area contributed by atoms with Crippen molar-refractivity contribution in [2.45, 2.75) is 46.6 Å². The Morgan fingerprint density at radius 1 is 1.24 bits per heavy atom. The van der Waals surface area contributed by atoms with Gasteiger partial charge in [0.15, 0.2) is 0 Å². The van der Waals surface area contributed by atoms with E-state index in [0.29, 0.717) is 17.4 Å². The van der Waals surface area contributed by atoms with Crippen molar-refractivity contribution in [1.29, 1.82) is 0 Å². The summed E-state index contributed by atoms with van der Waals surface area (Å²) in [4.78, 5) is 8.78. The van der Waals surface area contributed by atoms with E-state index in [0.717, 1.165) is 17.3 Å².